The molecule has 0 aliphatic rings. The fraction of sp³-hybridized carbons (Fsp3) is 0.643. The van der Waals surface area contributed by atoms with E-state index in [0.717, 1.165) is 31.4 Å². The minimum Gasteiger partial charge on any atom is -0.384 e. The summed E-state index contributed by atoms with van der Waals surface area (Å²) in [6.45, 7) is 2.77. The predicted molar refractivity (Wildman–Crippen MR) is 75.5 cm³/mol. The van der Waals surface area contributed by atoms with Gasteiger partial charge < -0.3 is 11.1 Å². The molecule has 0 radical (unpaired) electrons. The maximum Gasteiger partial charge on any atom is 0.416 e. The second-order valence-electron chi connectivity index (χ2n) is 4.86. The molecule has 1 heterocycles. The highest BCUT2D eigenvalue weighted by Gasteiger charge is 2.31. The molecule has 0 bridgehead atoms. The van der Waals surface area contributed by atoms with Gasteiger partial charge in [0.15, 0.2) is 0 Å². The number of nitrogens with zero attached hydrogens (tertiary/aromatic N) is 1. The third-order valence-electron chi connectivity index (χ3n) is 3.01. The Kier molecular flexibility index (Phi) is 6.61. The largest absolute Gasteiger partial charge is 0.416 e. The van der Waals surface area contributed by atoms with Crippen molar-refractivity contribution in [3.05, 3.63) is 17.7 Å². The highest BCUT2D eigenvalue weighted by molar-refractivity contribution is 5.47. The van der Waals surface area contributed by atoms with Crippen LogP contribution in [0.25, 0.3) is 0 Å². The zero-order chi connectivity index (χ0) is 15.0. The molecule has 0 unspecified atom stereocenters. The van der Waals surface area contributed by atoms with Gasteiger partial charge in [0.25, 0.3) is 0 Å². The van der Waals surface area contributed by atoms with Crippen LogP contribution in [0.1, 0.15) is 51.0 Å². The first-order valence-corrected chi connectivity index (χ1v) is 7.02. The van der Waals surface area contributed by atoms with Gasteiger partial charge in [0, 0.05) is 6.54 Å². The van der Waals surface area contributed by atoms with Crippen molar-refractivity contribution in [1.29, 1.82) is 0 Å². The summed E-state index contributed by atoms with van der Waals surface area (Å²) in [5, 5.41) is 2.90. The van der Waals surface area contributed by atoms with Crippen LogP contribution in [0.3, 0.4) is 0 Å². The maximum absolute atomic E-state index is 12.6. The summed E-state index contributed by atoms with van der Waals surface area (Å²) < 4.78 is 37.8. The molecule has 1 aromatic rings. The Hall–Kier alpha value is -1.46. The van der Waals surface area contributed by atoms with Crippen molar-refractivity contribution in [2.45, 2.75) is 51.6 Å². The van der Waals surface area contributed by atoms with Crippen molar-refractivity contribution >= 4 is 11.6 Å². The van der Waals surface area contributed by atoms with Gasteiger partial charge in [0.05, 0.1) is 5.56 Å². The van der Waals surface area contributed by atoms with Crippen molar-refractivity contribution in [2.75, 3.05) is 17.6 Å². The van der Waals surface area contributed by atoms with Gasteiger partial charge in [-0.1, -0.05) is 39.0 Å². The lowest BCUT2D eigenvalue weighted by Crippen LogP contribution is -2.10. The average molecular weight is 289 g/mol. The van der Waals surface area contributed by atoms with Crippen LogP contribution < -0.4 is 11.1 Å². The number of rotatable bonds is 8. The number of hydrogen-bond donors (Lipinski definition) is 2. The average Bonchev–Trinajstić information content (AvgIpc) is 2.36. The first-order valence-electron chi connectivity index (χ1n) is 7.02. The van der Waals surface area contributed by atoms with E-state index < -0.39 is 11.7 Å². The van der Waals surface area contributed by atoms with E-state index in [2.05, 4.69) is 17.2 Å². The lowest BCUT2D eigenvalue weighted by Gasteiger charge is -2.11. The molecule has 0 spiro atoms. The van der Waals surface area contributed by atoms with Gasteiger partial charge in [0.2, 0.25) is 0 Å². The minimum absolute atomic E-state index is 0.120. The first-order chi connectivity index (χ1) is 9.43. The number of unbranched alkanes of at least 4 members (excludes halogenated alkanes) is 5. The maximum atomic E-state index is 12.6. The van der Waals surface area contributed by atoms with E-state index in [1.807, 2.05) is 0 Å². The van der Waals surface area contributed by atoms with E-state index in [1.54, 1.807) is 0 Å². The van der Waals surface area contributed by atoms with Gasteiger partial charge in [-0.15, -0.1) is 0 Å². The predicted octanol–water partition coefficient (Wildman–Crippen LogP) is 4.46. The summed E-state index contributed by atoms with van der Waals surface area (Å²) in [4.78, 5) is 3.86. The Bertz CT molecular complexity index is 405. The lowest BCUT2D eigenvalue weighted by molar-refractivity contribution is -0.137. The van der Waals surface area contributed by atoms with E-state index >= 15 is 0 Å². The van der Waals surface area contributed by atoms with Gasteiger partial charge >= 0.3 is 6.18 Å². The molecule has 0 saturated carbocycles. The normalized spacial score (nSPS) is 11.6. The number of nitrogens with two attached hydrogens (primary N) is 1. The molecule has 0 amide bonds. The monoisotopic (exact) mass is 289 g/mol. The Morgan fingerprint density at radius 3 is 2.40 bits per heavy atom. The SMILES string of the molecule is CCCCCCCCNc1cc(C(F)(F)F)cc(N)n1. The molecule has 6 heteroatoms. The molecule has 0 aliphatic carbocycles. The molecule has 1 rings (SSSR count). The number of nitrogens with one attached hydrogen (secondary N) is 1. The summed E-state index contributed by atoms with van der Waals surface area (Å²) in [7, 11) is 0. The van der Waals surface area contributed by atoms with Crippen LogP contribution in [-0.2, 0) is 6.18 Å². The molecular weight excluding hydrogens is 267 g/mol. The van der Waals surface area contributed by atoms with E-state index in [9.17, 15) is 13.2 Å². The van der Waals surface area contributed by atoms with Crippen LogP contribution in [0, 0.1) is 0 Å². The number of halogens is 3. The third kappa shape index (κ3) is 6.12. The quantitative estimate of drug-likeness (QED) is 0.695. The number of nitrogen functional groups attached to an aromatic ring is 1. The van der Waals surface area contributed by atoms with Gasteiger partial charge in [-0.05, 0) is 18.6 Å². The Morgan fingerprint density at radius 2 is 1.75 bits per heavy atom. The minimum atomic E-state index is -4.40. The Labute approximate surface area is 117 Å². The summed E-state index contributed by atoms with van der Waals surface area (Å²) in [6, 6.07) is 1.84. The number of anilines is 2. The number of aromatic nitrogens is 1. The summed E-state index contributed by atoms with van der Waals surface area (Å²) in [5.74, 6) is 0.0659. The first kappa shape index (κ1) is 16.6. The van der Waals surface area contributed by atoms with Gasteiger partial charge in [-0.3, -0.25) is 0 Å². The summed E-state index contributed by atoms with van der Waals surface area (Å²) in [5.41, 5.74) is 4.62. The molecule has 1 aromatic heterocycles. The van der Waals surface area contributed by atoms with Crippen molar-refractivity contribution in [3.8, 4) is 0 Å². The van der Waals surface area contributed by atoms with Crippen LogP contribution in [0.5, 0.6) is 0 Å². The van der Waals surface area contributed by atoms with E-state index in [-0.39, 0.29) is 11.6 Å². The van der Waals surface area contributed by atoms with Crippen molar-refractivity contribution in [1.82, 2.24) is 4.98 Å². The number of alkyl halides is 3. The summed E-state index contributed by atoms with van der Waals surface area (Å²) >= 11 is 0. The van der Waals surface area contributed by atoms with Crippen LogP contribution in [0.2, 0.25) is 0 Å². The molecule has 0 aromatic carbocycles. The highest BCUT2D eigenvalue weighted by atomic mass is 19.4. The molecule has 0 saturated heterocycles. The molecule has 3 nitrogen and oxygen atoms in total. The topological polar surface area (TPSA) is 50.9 Å². The molecule has 0 aliphatic heterocycles. The van der Waals surface area contributed by atoms with Crippen LogP contribution in [0.15, 0.2) is 12.1 Å². The van der Waals surface area contributed by atoms with Gasteiger partial charge in [-0.25, -0.2) is 4.98 Å². The van der Waals surface area contributed by atoms with E-state index in [0.29, 0.717) is 6.54 Å². The van der Waals surface area contributed by atoms with Crippen LogP contribution in [-0.4, -0.2) is 11.5 Å². The van der Waals surface area contributed by atoms with Gasteiger partial charge in [-0.2, -0.15) is 13.2 Å². The summed E-state index contributed by atoms with van der Waals surface area (Å²) in [6.07, 6.45) is 2.40. The van der Waals surface area contributed by atoms with E-state index in [1.165, 1.54) is 19.3 Å². The molecule has 20 heavy (non-hydrogen) atoms. The van der Waals surface area contributed by atoms with Crippen molar-refractivity contribution in [3.63, 3.8) is 0 Å². The zero-order valence-electron chi connectivity index (χ0n) is 11.8. The highest BCUT2D eigenvalue weighted by Crippen LogP contribution is 2.31. The molecule has 3 N–H and O–H groups in total. The number of hydrogen-bond acceptors (Lipinski definition) is 3. The Balaban J connectivity index is 2.39. The van der Waals surface area contributed by atoms with E-state index in [4.69, 9.17) is 5.73 Å². The second-order valence-corrected chi connectivity index (χ2v) is 4.86. The van der Waals surface area contributed by atoms with Crippen molar-refractivity contribution < 1.29 is 13.2 Å². The molecule has 0 atom stereocenters. The zero-order valence-corrected chi connectivity index (χ0v) is 11.8. The van der Waals surface area contributed by atoms with Crippen LogP contribution >= 0.6 is 0 Å². The molecule has 114 valence electrons. The lowest BCUT2D eigenvalue weighted by atomic mass is 10.1. The number of pyridine rings is 1. The smallest absolute Gasteiger partial charge is 0.384 e. The van der Waals surface area contributed by atoms with Gasteiger partial charge in [0.1, 0.15) is 11.6 Å². The molecule has 0 fully saturated rings. The van der Waals surface area contributed by atoms with Crippen LogP contribution in [0.4, 0.5) is 24.8 Å². The fourth-order valence-corrected chi connectivity index (χ4v) is 1.93. The van der Waals surface area contributed by atoms with Crippen molar-refractivity contribution in [2.24, 2.45) is 0 Å². The Morgan fingerprint density at radius 1 is 1.10 bits per heavy atom. The standard InChI is InChI=1S/C14H22F3N3/c1-2-3-4-5-6-7-8-19-13-10-11(14(15,16)17)9-12(18)20-13/h9-10H,2-8H2,1H3,(H3,18,19,20). The third-order valence-corrected chi connectivity index (χ3v) is 3.01. The molecular formula is C14H22F3N3. The fourth-order valence-electron chi connectivity index (χ4n) is 1.93. The second kappa shape index (κ2) is 7.97.